The first-order valence-corrected chi connectivity index (χ1v) is 14.7. The minimum Gasteiger partial charge on any atom is -0.494 e. The molecule has 0 saturated carbocycles. The fraction of sp³-hybridized carbons (Fsp3) is 0.400. The van der Waals surface area contributed by atoms with E-state index >= 15 is 0 Å². The molecule has 0 N–H and O–H groups in total. The lowest BCUT2D eigenvalue weighted by Gasteiger charge is -2.17. The van der Waals surface area contributed by atoms with Crippen molar-refractivity contribution < 1.29 is 27.5 Å². The van der Waals surface area contributed by atoms with Gasteiger partial charge in [0, 0.05) is 19.8 Å². The Labute approximate surface area is 223 Å². The molecule has 0 aromatic heterocycles. The molecule has 0 bridgehead atoms. The molecule has 0 aliphatic rings. The summed E-state index contributed by atoms with van der Waals surface area (Å²) in [5, 5.41) is 0. The van der Waals surface area contributed by atoms with Crippen molar-refractivity contribution in [2.45, 2.75) is 38.5 Å². The number of hydrogen-bond donors (Lipinski definition) is 0. The third-order valence-electron chi connectivity index (χ3n) is 5.41. The Bertz CT molecular complexity index is 791. The Morgan fingerprint density at radius 2 is 0.622 bits per heavy atom. The van der Waals surface area contributed by atoms with Gasteiger partial charge in [-0.05, 0) is 74.9 Å². The number of ether oxygens (including phenoxy) is 3. The highest BCUT2D eigenvalue weighted by Crippen LogP contribution is 2.11. The molecule has 200 valence electrons. The van der Waals surface area contributed by atoms with E-state index in [1.165, 1.54) is 0 Å². The largest absolute Gasteiger partial charge is 0.494 e. The highest BCUT2D eigenvalue weighted by Gasteiger charge is 2.15. The van der Waals surface area contributed by atoms with Gasteiger partial charge in [-0.2, -0.15) is 0 Å². The van der Waals surface area contributed by atoms with Crippen molar-refractivity contribution in [3.63, 3.8) is 0 Å². The smallest absolute Gasteiger partial charge is 0.484 e. The van der Waals surface area contributed by atoms with E-state index in [0.29, 0.717) is 39.6 Å². The normalized spacial score (nSPS) is 10.9. The molecule has 3 aromatic rings. The van der Waals surface area contributed by atoms with Crippen molar-refractivity contribution >= 4 is 9.53 Å². The molecule has 0 heterocycles. The van der Waals surface area contributed by atoms with Crippen LogP contribution in [0.25, 0.3) is 0 Å². The predicted molar refractivity (Wildman–Crippen MR) is 149 cm³/mol. The molecule has 0 radical (unpaired) electrons. The van der Waals surface area contributed by atoms with Crippen molar-refractivity contribution in [1.82, 2.24) is 0 Å². The van der Waals surface area contributed by atoms with Crippen LogP contribution in [-0.2, 0) is 13.3 Å². The minimum absolute atomic E-state index is 0.614. The number of para-hydroxylation sites is 3. The van der Waals surface area contributed by atoms with Crippen LogP contribution in [0.15, 0.2) is 91.0 Å². The van der Waals surface area contributed by atoms with E-state index in [-0.39, 0.29) is 0 Å². The highest BCUT2D eigenvalue weighted by atomic mass is 28.3. The van der Waals surface area contributed by atoms with E-state index in [1.807, 2.05) is 91.0 Å². The monoisotopic (exact) mass is 524 g/mol. The summed E-state index contributed by atoms with van der Waals surface area (Å²) in [6.45, 7) is 3.86. The fourth-order valence-corrected chi connectivity index (χ4v) is 4.78. The molecule has 6 nitrogen and oxygen atoms in total. The molecule has 3 aromatic carbocycles. The summed E-state index contributed by atoms with van der Waals surface area (Å²) in [5.41, 5.74) is 0. The van der Waals surface area contributed by atoms with Crippen molar-refractivity contribution in [2.75, 3.05) is 39.6 Å². The molecule has 0 aliphatic heterocycles. The molecule has 0 unspecified atom stereocenters. The van der Waals surface area contributed by atoms with Crippen molar-refractivity contribution in [1.29, 1.82) is 0 Å². The van der Waals surface area contributed by atoms with Crippen LogP contribution >= 0.6 is 0 Å². The maximum Gasteiger partial charge on any atom is 0.484 e. The van der Waals surface area contributed by atoms with Crippen LogP contribution in [0, 0.1) is 0 Å². The highest BCUT2D eigenvalue weighted by molar-refractivity contribution is 6.36. The summed E-state index contributed by atoms with van der Waals surface area (Å²) in [6.07, 6.45) is 5.47. The van der Waals surface area contributed by atoms with Gasteiger partial charge in [-0.15, -0.1) is 0 Å². The first-order chi connectivity index (χ1) is 18.4. The van der Waals surface area contributed by atoms with E-state index in [0.717, 1.165) is 55.8 Å². The third kappa shape index (κ3) is 13.9. The fourth-order valence-electron chi connectivity index (χ4n) is 3.42. The molecule has 7 heteroatoms. The zero-order valence-electron chi connectivity index (χ0n) is 21.7. The number of benzene rings is 3. The average Bonchev–Trinajstić information content (AvgIpc) is 2.95. The third-order valence-corrected chi connectivity index (χ3v) is 6.94. The summed E-state index contributed by atoms with van der Waals surface area (Å²) in [7, 11) is -2.19. The molecule has 0 amide bonds. The van der Waals surface area contributed by atoms with Crippen LogP contribution in [0.2, 0.25) is 0 Å². The molecule has 0 saturated heterocycles. The van der Waals surface area contributed by atoms with Gasteiger partial charge in [-0.3, -0.25) is 0 Å². The lowest BCUT2D eigenvalue weighted by atomic mass is 10.3. The van der Waals surface area contributed by atoms with Crippen molar-refractivity contribution in [3.05, 3.63) is 91.0 Å². The maximum atomic E-state index is 6.02. The zero-order chi connectivity index (χ0) is 25.6. The molecular weight excluding hydrogens is 484 g/mol. The van der Waals surface area contributed by atoms with Crippen LogP contribution < -0.4 is 14.2 Å². The predicted octanol–water partition coefficient (Wildman–Crippen LogP) is 6.33. The maximum absolute atomic E-state index is 6.02. The van der Waals surface area contributed by atoms with E-state index in [1.54, 1.807) is 0 Å². The summed E-state index contributed by atoms with van der Waals surface area (Å²) in [4.78, 5) is 0. The Kier molecular flexibility index (Phi) is 15.0. The number of rotatable bonds is 21. The van der Waals surface area contributed by atoms with Crippen LogP contribution in [0.4, 0.5) is 0 Å². The standard InChI is InChI=1S/C30H40O6Si/c1-4-16-28(17-5-1)31-22-10-13-25-34-37(35-26-14-11-23-32-29-18-6-2-7-19-29)36-27-15-12-24-33-30-20-8-3-9-21-30/h1-9,16-21,37H,10-15,22-27H2. The zero-order valence-corrected chi connectivity index (χ0v) is 22.8. The van der Waals surface area contributed by atoms with E-state index in [4.69, 9.17) is 27.5 Å². The summed E-state index contributed by atoms with van der Waals surface area (Å²) in [6, 6.07) is 29.6. The lowest BCUT2D eigenvalue weighted by molar-refractivity contribution is 0.0859. The second-order valence-corrected chi connectivity index (χ2v) is 10.1. The average molecular weight is 525 g/mol. The van der Waals surface area contributed by atoms with Crippen LogP contribution in [0.1, 0.15) is 38.5 Å². The second-order valence-electron chi connectivity index (χ2n) is 8.51. The van der Waals surface area contributed by atoms with Crippen molar-refractivity contribution in [3.8, 4) is 17.2 Å². The van der Waals surface area contributed by atoms with Gasteiger partial charge < -0.3 is 27.5 Å². The van der Waals surface area contributed by atoms with Crippen LogP contribution in [0.3, 0.4) is 0 Å². The molecule has 37 heavy (non-hydrogen) atoms. The first kappa shape index (κ1) is 28.7. The molecular formula is C30H40O6Si. The van der Waals surface area contributed by atoms with E-state index in [9.17, 15) is 0 Å². The second kappa shape index (κ2) is 19.3. The van der Waals surface area contributed by atoms with Gasteiger partial charge in [0.05, 0.1) is 19.8 Å². The molecule has 0 spiro atoms. The van der Waals surface area contributed by atoms with Gasteiger partial charge in [0.15, 0.2) is 0 Å². The summed E-state index contributed by atoms with van der Waals surface area (Å²) >= 11 is 0. The van der Waals surface area contributed by atoms with Crippen LogP contribution in [-0.4, -0.2) is 49.2 Å². The lowest BCUT2D eigenvalue weighted by Crippen LogP contribution is -2.29. The van der Waals surface area contributed by atoms with Gasteiger partial charge in [-0.25, -0.2) is 0 Å². The Hall–Kier alpha value is -2.84. The van der Waals surface area contributed by atoms with Gasteiger partial charge in [0.25, 0.3) is 0 Å². The van der Waals surface area contributed by atoms with E-state index < -0.39 is 9.53 Å². The summed E-state index contributed by atoms with van der Waals surface area (Å²) in [5.74, 6) is 2.69. The first-order valence-electron chi connectivity index (χ1n) is 13.3. The van der Waals surface area contributed by atoms with Gasteiger partial charge in [0.1, 0.15) is 17.2 Å². The quantitative estimate of drug-likeness (QED) is 0.120. The van der Waals surface area contributed by atoms with E-state index in [2.05, 4.69) is 0 Å². The Morgan fingerprint density at radius 1 is 0.351 bits per heavy atom. The number of unbranched alkanes of at least 4 members (excludes halogenated alkanes) is 3. The SMILES string of the molecule is c1ccc(OCCCCO[SiH](OCCCCOc2ccccc2)OCCCCOc2ccccc2)cc1. The van der Waals surface area contributed by atoms with Crippen LogP contribution in [0.5, 0.6) is 17.2 Å². The summed E-state index contributed by atoms with van der Waals surface area (Å²) < 4.78 is 35.3. The topological polar surface area (TPSA) is 55.4 Å². The van der Waals surface area contributed by atoms with Gasteiger partial charge in [-0.1, -0.05) is 54.6 Å². The molecule has 0 atom stereocenters. The number of hydrogen-bond acceptors (Lipinski definition) is 6. The van der Waals surface area contributed by atoms with Crippen molar-refractivity contribution in [2.24, 2.45) is 0 Å². The molecule has 3 rings (SSSR count). The van der Waals surface area contributed by atoms with Gasteiger partial charge >= 0.3 is 9.53 Å². The minimum atomic E-state index is -2.19. The molecule has 0 fully saturated rings. The van der Waals surface area contributed by atoms with Gasteiger partial charge in [0.2, 0.25) is 0 Å². The molecule has 0 aliphatic carbocycles. The Morgan fingerprint density at radius 3 is 0.919 bits per heavy atom. The Balaban J connectivity index is 1.26.